The molecule has 0 radical (unpaired) electrons. The van der Waals surface area contributed by atoms with E-state index in [1.54, 1.807) is 30.3 Å². The van der Waals surface area contributed by atoms with Gasteiger partial charge in [0.05, 0.1) is 19.7 Å². The first-order valence-corrected chi connectivity index (χ1v) is 8.96. The third-order valence-corrected chi connectivity index (χ3v) is 3.75. The Hall–Kier alpha value is -3.51. The number of nitrogens with two attached hydrogens (primary N) is 1. The number of carboxylic acid groups (broad SMARTS) is 1. The van der Waals surface area contributed by atoms with E-state index in [0.717, 1.165) is 5.56 Å². The van der Waals surface area contributed by atoms with Crippen LogP contribution in [0.3, 0.4) is 0 Å². The molecule has 0 spiro atoms. The SMILES string of the molecule is N[C@@H](CO)C(=O)NCC(=O)NCC(=O)N[C@@H](Cc1ccccc1)C(=O)NCC(=O)O. The standard InChI is InChI=1S/C18H25N5O7/c19-12(10-24)17(29)21-7-14(25)20-8-15(26)23-13(18(30)22-9-16(27)28)6-11-4-2-1-3-5-11/h1-5,12-13,24H,6-10,19H2,(H,20,25)(H,21,29)(H,22,30)(H,23,26)(H,27,28)/t12-,13-/m0/s1. The smallest absolute Gasteiger partial charge is 0.322 e. The van der Waals surface area contributed by atoms with Crippen molar-refractivity contribution in [1.29, 1.82) is 0 Å². The molecule has 2 atom stereocenters. The van der Waals surface area contributed by atoms with Crippen LogP contribution in [-0.2, 0) is 30.4 Å². The highest BCUT2D eigenvalue weighted by Gasteiger charge is 2.22. The zero-order valence-corrected chi connectivity index (χ0v) is 16.1. The predicted molar refractivity (Wildman–Crippen MR) is 104 cm³/mol. The summed E-state index contributed by atoms with van der Waals surface area (Å²) in [4.78, 5) is 58.1. The summed E-state index contributed by atoms with van der Waals surface area (Å²) in [6.07, 6.45) is 0.112. The Labute approximate surface area is 172 Å². The molecule has 0 heterocycles. The fourth-order valence-electron chi connectivity index (χ4n) is 2.21. The van der Waals surface area contributed by atoms with E-state index in [9.17, 15) is 24.0 Å². The summed E-state index contributed by atoms with van der Waals surface area (Å²) in [6.45, 7) is -2.11. The van der Waals surface area contributed by atoms with E-state index in [0.29, 0.717) is 0 Å². The number of benzene rings is 1. The maximum Gasteiger partial charge on any atom is 0.322 e. The number of rotatable bonds is 12. The van der Waals surface area contributed by atoms with E-state index >= 15 is 0 Å². The first-order valence-electron chi connectivity index (χ1n) is 8.96. The summed E-state index contributed by atoms with van der Waals surface area (Å²) in [6, 6.07) is 6.54. The second-order valence-electron chi connectivity index (χ2n) is 6.20. The third kappa shape index (κ3) is 9.61. The number of aliphatic carboxylic acids is 1. The van der Waals surface area contributed by atoms with Crippen LogP contribution in [0.4, 0.5) is 0 Å². The molecule has 0 aliphatic carbocycles. The number of carbonyl (C=O) groups excluding carboxylic acids is 4. The Morgan fingerprint density at radius 1 is 0.867 bits per heavy atom. The van der Waals surface area contributed by atoms with E-state index in [1.807, 2.05) is 0 Å². The van der Waals surface area contributed by atoms with Crippen molar-refractivity contribution in [3.8, 4) is 0 Å². The number of carbonyl (C=O) groups is 5. The van der Waals surface area contributed by atoms with E-state index < -0.39 is 67.9 Å². The number of nitrogens with one attached hydrogen (secondary N) is 4. The third-order valence-electron chi connectivity index (χ3n) is 3.75. The second kappa shape index (κ2) is 12.9. The molecule has 0 bridgehead atoms. The Morgan fingerprint density at radius 2 is 1.47 bits per heavy atom. The molecule has 1 aromatic carbocycles. The van der Waals surface area contributed by atoms with Gasteiger partial charge in [-0.15, -0.1) is 0 Å². The molecule has 4 amide bonds. The maximum atomic E-state index is 12.2. The minimum Gasteiger partial charge on any atom is -0.480 e. The first kappa shape index (κ1) is 24.5. The van der Waals surface area contributed by atoms with Gasteiger partial charge in [0.15, 0.2) is 0 Å². The molecule has 0 saturated carbocycles. The number of aliphatic hydroxyl groups is 1. The lowest BCUT2D eigenvalue weighted by Crippen LogP contribution is -2.52. The number of hydrogen-bond donors (Lipinski definition) is 7. The Bertz CT molecular complexity index is 757. The monoisotopic (exact) mass is 423 g/mol. The number of carboxylic acids is 1. The highest BCUT2D eigenvalue weighted by atomic mass is 16.4. The minimum absolute atomic E-state index is 0.112. The fourth-order valence-corrected chi connectivity index (χ4v) is 2.21. The molecule has 30 heavy (non-hydrogen) atoms. The molecule has 0 fully saturated rings. The summed E-state index contributed by atoms with van der Waals surface area (Å²) in [5.41, 5.74) is 6.02. The van der Waals surface area contributed by atoms with E-state index in [4.69, 9.17) is 15.9 Å². The molecule has 1 aromatic rings. The van der Waals surface area contributed by atoms with Crippen molar-refractivity contribution >= 4 is 29.6 Å². The second-order valence-corrected chi connectivity index (χ2v) is 6.20. The van der Waals surface area contributed by atoms with Gasteiger partial charge in [-0.1, -0.05) is 30.3 Å². The molecule has 8 N–H and O–H groups in total. The van der Waals surface area contributed by atoms with Gasteiger partial charge in [0.25, 0.3) is 0 Å². The zero-order valence-electron chi connectivity index (χ0n) is 16.1. The summed E-state index contributed by atoms with van der Waals surface area (Å²) < 4.78 is 0. The molecular formula is C18H25N5O7. The van der Waals surface area contributed by atoms with Gasteiger partial charge in [-0.2, -0.15) is 0 Å². The highest BCUT2D eigenvalue weighted by molar-refractivity contribution is 5.92. The van der Waals surface area contributed by atoms with Crippen LogP contribution < -0.4 is 27.0 Å². The Kier molecular flexibility index (Phi) is 10.5. The fraction of sp³-hybridized carbons (Fsp3) is 0.389. The number of hydrogen-bond acceptors (Lipinski definition) is 7. The highest BCUT2D eigenvalue weighted by Crippen LogP contribution is 2.03. The molecule has 0 aliphatic heterocycles. The van der Waals surface area contributed by atoms with Crippen molar-refractivity contribution in [2.24, 2.45) is 5.73 Å². The molecule has 164 valence electrons. The van der Waals surface area contributed by atoms with Crippen LogP contribution in [0.25, 0.3) is 0 Å². The molecule has 12 heteroatoms. The normalized spacial score (nSPS) is 12.2. The van der Waals surface area contributed by atoms with Crippen molar-refractivity contribution in [2.45, 2.75) is 18.5 Å². The molecule has 0 aliphatic rings. The Morgan fingerprint density at radius 3 is 2.07 bits per heavy atom. The molecule has 12 nitrogen and oxygen atoms in total. The van der Waals surface area contributed by atoms with Crippen LogP contribution >= 0.6 is 0 Å². The number of amides is 4. The maximum absolute atomic E-state index is 12.2. The summed E-state index contributed by atoms with van der Waals surface area (Å²) >= 11 is 0. The molecule has 0 aromatic heterocycles. The van der Waals surface area contributed by atoms with Crippen molar-refractivity contribution < 1.29 is 34.2 Å². The van der Waals surface area contributed by atoms with Crippen molar-refractivity contribution in [2.75, 3.05) is 26.2 Å². The van der Waals surface area contributed by atoms with Gasteiger partial charge >= 0.3 is 5.97 Å². The average molecular weight is 423 g/mol. The van der Waals surface area contributed by atoms with Crippen molar-refractivity contribution in [1.82, 2.24) is 21.3 Å². The van der Waals surface area contributed by atoms with Gasteiger partial charge in [0, 0.05) is 6.42 Å². The quantitative estimate of drug-likeness (QED) is 0.179. The van der Waals surface area contributed by atoms with Gasteiger partial charge in [0.2, 0.25) is 23.6 Å². The van der Waals surface area contributed by atoms with Gasteiger partial charge < -0.3 is 37.2 Å². The van der Waals surface area contributed by atoms with Crippen LogP contribution in [0.1, 0.15) is 5.56 Å². The topological polar surface area (TPSA) is 200 Å². The van der Waals surface area contributed by atoms with Crippen molar-refractivity contribution in [3.63, 3.8) is 0 Å². The number of aliphatic hydroxyl groups excluding tert-OH is 1. The van der Waals surface area contributed by atoms with E-state index in [2.05, 4.69) is 21.3 Å². The van der Waals surface area contributed by atoms with Gasteiger partial charge in [0.1, 0.15) is 18.6 Å². The summed E-state index contributed by atoms with van der Waals surface area (Å²) in [7, 11) is 0. The molecular weight excluding hydrogens is 398 g/mol. The van der Waals surface area contributed by atoms with Crippen LogP contribution in [0.5, 0.6) is 0 Å². The van der Waals surface area contributed by atoms with Crippen molar-refractivity contribution in [3.05, 3.63) is 35.9 Å². The predicted octanol–water partition coefficient (Wildman–Crippen LogP) is -3.53. The molecule has 0 unspecified atom stereocenters. The summed E-state index contributed by atoms with van der Waals surface area (Å²) in [5.74, 6) is -4.02. The van der Waals surface area contributed by atoms with E-state index in [1.165, 1.54) is 0 Å². The lowest BCUT2D eigenvalue weighted by molar-refractivity contribution is -0.138. The van der Waals surface area contributed by atoms with Gasteiger partial charge in [-0.05, 0) is 5.56 Å². The van der Waals surface area contributed by atoms with E-state index in [-0.39, 0.29) is 6.42 Å². The van der Waals surface area contributed by atoms with Crippen LogP contribution in [0, 0.1) is 0 Å². The van der Waals surface area contributed by atoms with Crippen LogP contribution in [0.2, 0.25) is 0 Å². The summed E-state index contributed by atoms with van der Waals surface area (Å²) in [5, 5.41) is 26.5. The lowest BCUT2D eigenvalue weighted by atomic mass is 10.1. The van der Waals surface area contributed by atoms with Crippen LogP contribution in [0.15, 0.2) is 30.3 Å². The Balaban J connectivity index is 2.57. The zero-order chi connectivity index (χ0) is 22.5. The lowest BCUT2D eigenvalue weighted by Gasteiger charge is -2.18. The van der Waals surface area contributed by atoms with Crippen LogP contribution in [-0.4, -0.2) is 78.1 Å². The minimum atomic E-state index is -1.23. The molecule has 0 saturated heterocycles. The first-order chi connectivity index (χ1) is 14.2. The molecule has 1 rings (SSSR count). The van der Waals surface area contributed by atoms with Gasteiger partial charge in [-0.25, -0.2) is 0 Å². The largest absolute Gasteiger partial charge is 0.480 e. The van der Waals surface area contributed by atoms with Gasteiger partial charge in [-0.3, -0.25) is 24.0 Å². The average Bonchev–Trinajstić information content (AvgIpc) is 2.73.